The van der Waals surface area contributed by atoms with Crippen molar-refractivity contribution >= 4 is 27.3 Å². The molecular formula is C18H20N2O6S. The lowest BCUT2D eigenvalue weighted by Crippen LogP contribution is -2.37. The van der Waals surface area contributed by atoms with Crippen LogP contribution in [0.4, 0.5) is 11.4 Å². The molecule has 0 spiro atoms. The van der Waals surface area contributed by atoms with Gasteiger partial charge in [0.15, 0.2) is 18.1 Å². The number of nitrogens with one attached hydrogen (secondary N) is 1. The Morgan fingerprint density at radius 1 is 1.22 bits per heavy atom. The first-order valence-electron chi connectivity index (χ1n) is 8.19. The number of sulfonamides is 1. The zero-order chi connectivity index (χ0) is 19.4. The van der Waals surface area contributed by atoms with Crippen LogP contribution in [-0.2, 0) is 14.8 Å². The Morgan fingerprint density at radius 3 is 2.67 bits per heavy atom. The van der Waals surface area contributed by atoms with Crippen LogP contribution >= 0.6 is 0 Å². The second-order valence-electron chi connectivity index (χ2n) is 5.85. The summed E-state index contributed by atoms with van der Waals surface area (Å²) in [6, 6.07) is 11.8. The molecule has 0 saturated carbocycles. The number of anilines is 2. The maximum Gasteiger partial charge on any atom is 0.262 e. The molecule has 1 amide bonds. The van der Waals surface area contributed by atoms with Crippen molar-refractivity contribution in [3.63, 3.8) is 0 Å². The first-order valence-corrected chi connectivity index (χ1v) is 10.0. The SMILES string of the molecule is COc1ccccc1OCC(=O)Nc1ccc2c(c1)OCCN2S(C)(=O)=O. The number of hydrogen-bond acceptors (Lipinski definition) is 6. The number of carbonyl (C=O) groups excluding carboxylic acids is 1. The Morgan fingerprint density at radius 2 is 1.96 bits per heavy atom. The molecule has 0 aromatic heterocycles. The van der Waals surface area contributed by atoms with Crippen LogP contribution in [-0.4, -0.2) is 47.4 Å². The van der Waals surface area contributed by atoms with Crippen LogP contribution in [0.2, 0.25) is 0 Å². The minimum Gasteiger partial charge on any atom is -0.493 e. The number of ether oxygens (including phenoxy) is 3. The number of methoxy groups -OCH3 is 1. The molecule has 2 aromatic rings. The molecule has 0 saturated heterocycles. The minimum atomic E-state index is -3.39. The van der Waals surface area contributed by atoms with Crippen LogP contribution in [0.1, 0.15) is 0 Å². The van der Waals surface area contributed by atoms with Crippen molar-refractivity contribution in [3.8, 4) is 17.2 Å². The fourth-order valence-corrected chi connectivity index (χ4v) is 3.61. The molecule has 0 unspecified atom stereocenters. The van der Waals surface area contributed by atoms with Crippen LogP contribution in [0.5, 0.6) is 17.2 Å². The van der Waals surface area contributed by atoms with Crippen molar-refractivity contribution in [1.82, 2.24) is 0 Å². The van der Waals surface area contributed by atoms with Crippen LogP contribution in [0, 0.1) is 0 Å². The fraction of sp³-hybridized carbons (Fsp3) is 0.278. The summed E-state index contributed by atoms with van der Waals surface area (Å²) in [5.74, 6) is 1.04. The highest BCUT2D eigenvalue weighted by atomic mass is 32.2. The summed E-state index contributed by atoms with van der Waals surface area (Å²) in [6.07, 6.45) is 1.15. The maximum atomic E-state index is 12.2. The minimum absolute atomic E-state index is 0.201. The van der Waals surface area contributed by atoms with E-state index < -0.39 is 10.0 Å². The lowest BCUT2D eigenvalue weighted by Gasteiger charge is -2.29. The highest BCUT2D eigenvalue weighted by Gasteiger charge is 2.25. The molecule has 0 aliphatic carbocycles. The molecule has 1 aliphatic rings. The van der Waals surface area contributed by atoms with Gasteiger partial charge in [-0.15, -0.1) is 0 Å². The van der Waals surface area contributed by atoms with Gasteiger partial charge in [-0.2, -0.15) is 0 Å². The summed E-state index contributed by atoms with van der Waals surface area (Å²) in [5, 5.41) is 2.70. The van der Waals surface area contributed by atoms with E-state index in [-0.39, 0.29) is 25.7 Å². The number of amides is 1. The topological polar surface area (TPSA) is 94.2 Å². The molecule has 9 heteroatoms. The van der Waals surface area contributed by atoms with Crippen molar-refractivity contribution in [2.45, 2.75) is 0 Å². The van der Waals surface area contributed by atoms with Gasteiger partial charge in [0.25, 0.3) is 5.91 Å². The molecule has 144 valence electrons. The van der Waals surface area contributed by atoms with Gasteiger partial charge in [0.1, 0.15) is 12.4 Å². The normalized spacial score (nSPS) is 13.3. The quantitative estimate of drug-likeness (QED) is 0.807. The Balaban J connectivity index is 1.67. The van der Waals surface area contributed by atoms with Gasteiger partial charge in [0.2, 0.25) is 10.0 Å². The van der Waals surface area contributed by atoms with E-state index in [1.165, 1.54) is 11.4 Å². The second-order valence-corrected chi connectivity index (χ2v) is 7.76. The van der Waals surface area contributed by atoms with Gasteiger partial charge in [0, 0.05) is 11.8 Å². The standard InChI is InChI=1S/C18H20N2O6S/c1-24-15-5-3-4-6-16(15)26-12-18(21)19-13-7-8-14-17(11-13)25-10-9-20(14)27(2,22)23/h3-8,11H,9-10,12H2,1-2H3,(H,19,21). The molecule has 0 bridgehead atoms. The van der Waals surface area contributed by atoms with E-state index >= 15 is 0 Å². The van der Waals surface area contributed by atoms with Crippen LogP contribution in [0.25, 0.3) is 0 Å². The van der Waals surface area contributed by atoms with Crippen LogP contribution in [0.3, 0.4) is 0 Å². The average molecular weight is 392 g/mol. The van der Waals surface area contributed by atoms with Gasteiger partial charge in [-0.3, -0.25) is 9.10 Å². The lowest BCUT2D eigenvalue weighted by molar-refractivity contribution is -0.118. The van der Waals surface area contributed by atoms with E-state index in [2.05, 4.69) is 5.32 Å². The molecule has 0 radical (unpaired) electrons. The highest BCUT2D eigenvalue weighted by Crippen LogP contribution is 2.35. The van der Waals surface area contributed by atoms with E-state index in [4.69, 9.17) is 14.2 Å². The monoisotopic (exact) mass is 392 g/mol. The van der Waals surface area contributed by atoms with Crippen molar-refractivity contribution < 1.29 is 27.4 Å². The van der Waals surface area contributed by atoms with Crippen LogP contribution < -0.4 is 23.8 Å². The van der Waals surface area contributed by atoms with E-state index in [1.807, 2.05) is 0 Å². The van der Waals surface area contributed by atoms with Crippen molar-refractivity contribution in [2.75, 3.05) is 42.7 Å². The zero-order valence-corrected chi connectivity index (χ0v) is 15.8. The molecule has 3 rings (SSSR count). The molecule has 0 atom stereocenters. The Kier molecular flexibility index (Phi) is 5.41. The molecule has 2 aromatic carbocycles. The van der Waals surface area contributed by atoms with Gasteiger partial charge >= 0.3 is 0 Å². The molecule has 8 nitrogen and oxygen atoms in total. The number of fused-ring (bicyclic) bond motifs is 1. The maximum absolute atomic E-state index is 12.2. The first-order chi connectivity index (χ1) is 12.9. The third kappa shape index (κ3) is 4.43. The third-order valence-electron chi connectivity index (χ3n) is 3.89. The lowest BCUT2D eigenvalue weighted by atomic mass is 10.2. The van der Waals surface area contributed by atoms with Crippen molar-refractivity contribution in [1.29, 1.82) is 0 Å². The molecular weight excluding hydrogens is 372 g/mol. The Hall–Kier alpha value is -2.94. The number of hydrogen-bond donors (Lipinski definition) is 1. The highest BCUT2D eigenvalue weighted by molar-refractivity contribution is 7.92. The number of nitrogens with zero attached hydrogens (tertiary/aromatic N) is 1. The summed E-state index contributed by atoms with van der Waals surface area (Å²) < 4.78 is 41.2. The number of benzene rings is 2. The van der Waals surface area contributed by atoms with Crippen LogP contribution in [0.15, 0.2) is 42.5 Å². The molecule has 1 heterocycles. The van der Waals surface area contributed by atoms with Gasteiger partial charge in [0.05, 0.1) is 25.6 Å². The Labute approximate surface area is 157 Å². The summed E-state index contributed by atoms with van der Waals surface area (Å²) >= 11 is 0. The fourth-order valence-electron chi connectivity index (χ4n) is 2.70. The second kappa shape index (κ2) is 7.75. The molecule has 1 aliphatic heterocycles. The third-order valence-corrected chi connectivity index (χ3v) is 5.07. The van der Waals surface area contributed by atoms with Crippen molar-refractivity contribution in [2.24, 2.45) is 0 Å². The summed E-state index contributed by atoms with van der Waals surface area (Å²) in [4.78, 5) is 12.2. The van der Waals surface area contributed by atoms with E-state index in [9.17, 15) is 13.2 Å². The van der Waals surface area contributed by atoms with E-state index in [0.717, 1.165) is 6.26 Å². The van der Waals surface area contributed by atoms with Gasteiger partial charge < -0.3 is 19.5 Å². The zero-order valence-electron chi connectivity index (χ0n) is 15.0. The first kappa shape index (κ1) is 18.8. The predicted octanol–water partition coefficient (Wildman–Crippen LogP) is 1.87. The summed E-state index contributed by atoms with van der Waals surface area (Å²) in [5.41, 5.74) is 0.935. The smallest absolute Gasteiger partial charge is 0.262 e. The Bertz CT molecular complexity index is 945. The van der Waals surface area contributed by atoms with Crippen molar-refractivity contribution in [3.05, 3.63) is 42.5 Å². The predicted molar refractivity (Wildman–Crippen MR) is 101 cm³/mol. The molecule has 27 heavy (non-hydrogen) atoms. The van der Waals surface area contributed by atoms with E-state index in [0.29, 0.717) is 28.6 Å². The average Bonchev–Trinajstić information content (AvgIpc) is 2.65. The van der Waals surface area contributed by atoms with Gasteiger partial charge in [-0.05, 0) is 24.3 Å². The number of rotatable bonds is 6. The largest absolute Gasteiger partial charge is 0.493 e. The number of carbonyl (C=O) groups is 1. The van der Waals surface area contributed by atoms with Gasteiger partial charge in [-0.25, -0.2) is 8.42 Å². The van der Waals surface area contributed by atoms with E-state index in [1.54, 1.807) is 42.5 Å². The number of para-hydroxylation sites is 2. The summed E-state index contributed by atoms with van der Waals surface area (Å²) in [7, 11) is -1.86. The molecule has 0 fully saturated rings. The summed E-state index contributed by atoms with van der Waals surface area (Å²) in [6.45, 7) is 0.298. The van der Waals surface area contributed by atoms with Gasteiger partial charge in [-0.1, -0.05) is 12.1 Å². The molecule has 1 N–H and O–H groups in total.